The van der Waals surface area contributed by atoms with Gasteiger partial charge in [0.05, 0.1) is 31.0 Å². The molecule has 2 saturated heterocycles. The molecule has 0 bridgehead atoms. The van der Waals surface area contributed by atoms with E-state index >= 15 is 0 Å². The van der Waals surface area contributed by atoms with E-state index in [1.807, 2.05) is 29.7 Å². The van der Waals surface area contributed by atoms with Crippen molar-refractivity contribution in [1.82, 2.24) is 20.1 Å². The summed E-state index contributed by atoms with van der Waals surface area (Å²) in [5, 5.41) is 4.35. The van der Waals surface area contributed by atoms with Crippen molar-refractivity contribution in [2.75, 3.05) is 39.4 Å². The van der Waals surface area contributed by atoms with E-state index in [1.165, 1.54) is 9.75 Å². The van der Waals surface area contributed by atoms with Gasteiger partial charge in [-0.25, -0.2) is 0 Å². The monoisotopic (exact) mass is 388 g/mol. The van der Waals surface area contributed by atoms with Crippen LogP contribution in [0.1, 0.15) is 27.5 Å². The number of aryl methyl sites for hydroxylation is 1. The number of ether oxygens (including phenoxy) is 1. The molecule has 7 heteroatoms. The molecular formula is C19H24N4OS2. The number of morpholine rings is 1. The highest BCUT2D eigenvalue weighted by Crippen LogP contribution is 2.40. The summed E-state index contributed by atoms with van der Waals surface area (Å²) in [6, 6.07) is 10.8. The van der Waals surface area contributed by atoms with Gasteiger partial charge in [-0.15, -0.1) is 11.3 Å². The average molecular weight is 389 g/mol. The Hall–Kier alpha value is -1.54. The highest BCUT2D eigenvalue weighted by Gasteiger charge is 2.40. The lowest BCUT2D eigenvalue weighted by molar-refractivity contribution is 0.0351. The molecule has 5 nitrogen and oxygen atoms in total. The van der Waals surface area contributed by atoms with Crippen LogP contribution in [0.2, 0.25) is 0 Å². The second kappa shape index (κ2) is 8.00. The highest BCUT2D eigenvalue weighted by molar-refractivity contribution is 7.80. The summed E-state index contributed by atoms with van der Waals surface area (Å²) in [5.41, 5.74) is 1.04. The van der Waals surface area contributed by atoms with Crippen LogP contribution in [0.3, 0.4) is 0 Å². The largest absolute Gasteiger partial charge is 0.379 e. The zero-order chi connectivity index (χ0) is 17.9. The molecule has 2 atom stereocenters. The minimum Gasteiger partial charge on any atom is -0.379 e. The molecule has 0 aliphatic carbocycles. The third kappa shape index (κ3) is 3.76. The van der Waals surface area contributed by atoms with Gasteiger partial charge in [-0.05, 0) is 43.4 Å². The number of thiophene rings is 1. The lowest BCUT2D eigenvalue weighted by Gasteiger charge is -2.31. The molecule has 4 heterocycles. The SMILES string of the molecule is Cc1ccc([C@@H]2[C@@H](c3ccccn3)NC(=S)N2CCN2CCOCC2)s1. The van der Waals surface area contributed by atoms with E-state index in [0.29, 0.717) is 0 Å². The second-order valence-corrected chi connectivity index (χ2v) is 8.43. The van der Waals surface area contributed by atoms with Crippen LogP contribution in [0.25, 0.3) is 0 Å². The van der Waals surface area contributed by atoms with Crippen LogP contribution >= 0.6 is 23.6 Å². The number of rotatable bonds is 5. The molecule has 2 fully saturated rings. The third-order valence-electron chi connectivity index (χ3n) is 5.01. The quantitative estimate of drug-likeness (QED) is 0.795. The van der Waals surface area contributed by atoms with E-state index < -0.39 is 0 Å². The second-order valence-electron chi connectivity index (χ2n) is 6.72. The Morgan fingerprint density at radius 1 is 1.23 bits per heavy atom. The first kappa shape index (κ1) is 17.9. The van der Waals surface area contributed by atoms with Crippen molar-refractivity contribution in [2.24, 2.45) is 0 Å². The Balaban J connectivity index is 1.57. The molecule has 0 aromatic carbocycles. The van der Waals surface area contributed by atoms with E-state index in [9.17, 15) is 0 Å². The van der Waals surface area contributed by atoms with Crippen molar-refractivity contribution in [3.8, 4) is 0 Å². The molecule has 0 spiro atoms. The van der Waals surface area contributed by atoms with Gasteiger partial charge in [-0.1, -0.05) is 6.07 Å². The fraction of sp³-hybridized carbons (Fsp3) is 0.474. The molecule has 0 saturated carbocycles. The predicted octanol–water partition coefficient (Wildman–Crippen LogP) is 2.76. The molecule has 2 aromatic rings. The summed E-state index contributed by atoms with van der Waals surface area (Å²) in [4.78, 5) is 12.1. The van der Waals surface area contributed by atoms with Crippen molar-refractivity contribution in [3.63, 3.8) is 0 Å². The number of pyridine rings is 1. The zero-order valence-electron chi connectivity index (χ0n) is 14.9. The average Bonchev–Trinajstić information content (AvgIpc) is 3.24. The molecule has 26 heavy (non-hydrogen) atoms. The van der Waals surface area contributed by atoms with Gasteiger partial charge < -0.3 is 15.0 Å². The minimum absolute atomic E-state index is 0.0893. The van der Waals surface area contributed by atoms with Gasteiger partial charge in [-0.3, -0.25) is 9.88 Å². The maximum absolute atomic E-state index is 5.72. The number of thiocarbonyl (C=S) groups is 1. The zero-order valence-corrected chi connectivity index (χ0v) is 16.6. The number of nitrogens with zero attached hydrogens (tertiary/aromatic N) is 3. The van der Waals surface area contributed by atoms with Crippen LogP contribution in [0.4, 0.5) is 0 Å². The summed E-state index contributed by atoms with van der Waals surface area (Å²) in [5.74, 6) is 0. The molecule has 2 aromatic heterocycles. The molecule has 2 aliphatic heterocycles. The van der Waals surface area contributed by atoms with Crippen LogP contribution in [0, 0.1) is 6.92 Å². The first-order valence-corrected chi connectivity index (χ1v) is 10.3. The van der Waals surface area contributed by atoms with E-state index in [0.717, 1.165) is 50.2 Å². The first-order chi connectivity index (χ1) is 12.7. The fourth-order valence-corrected chi connectivity index (χ4v) is 5.00. The van der Waals surface area contributed by atoms with Gasteiger partial charge in [0.2, 0.25) is 0 Å². The molecule has 4 rings (SSSR count). The van der Waals surface area contributed by atoms with Crippen LogP contribution < -0.4 is 5.32 Å². The first-order valence-electron chi connectivity index (χ1n) is 9.07. The van der Waals surface area contributed by atoms with E-state index in [-0.39, 0.29) is 12.1 Å². The van der Waals surface area contributed by atoms with Crippen molar-refractivity contribution >= 4 is 28.7 Å². The van der Waals surface area contributed by atoms with E-state index in [1.54, 1.807) is 0 Å². The summed E-state index contributed by atoms with van der Waals surface area (Å²) in [6.07, 6.45) is 1.85. The van der Waals surface area contributed by atoms with E-state index in [4.69, 9.17) is 17.0 Å². The summed E-state index contributed by atoms with van der Waals surface area (Å²) in [7, 11) is 0. The van der Waals surface area contributed by atoms with Crippen LogP contribution in [0.15, 0.2) is 36.5 Å². The van der Waals surface area contributed by atoms with Gasteiger partial charge in [0, 0.05) is 42.1 Å². The van der Waals surface area contributed by atoms with Gasteiger partial charge in [0.1, 0.15) is 0 Å². The van der Waals surface area contributed by atoms with Crippen LogP contribution in [-0.4, -0.2) is 59.3 Å². The summed E-state index contributed by atoms with van der Waals surface area (Å²) in [6.45, 7) is 7.72. The molecule has 0 radical (unpaired) electrons. The third-order valence-corrected chi connectivity index (χ3v) is 6.43. The van der Waals surface area contributed by atoms with Gasteiger partial charge >= 0.3 is 0 Å². The molecule has 0 unspecified atom stereocenters. The van der Waals surface area contributed by atoms with Gasteiger partial charge in [0.15, 0.2) is 5.11 Å². The molecule has 0 amide bonds. The lowest BCUT2D eigenvalue weighted by atomic mass is 10.0. The van der Waals surface area contributed by atoms with Crippen LogP contribution in [-0.2, 0) is 4.74 Å². The smallest absolute Gasteiger partial charge is 0.170 e. The van der Waals surface area contributed by atoms with Crippen molar-refractivity contribution in [3.05, 3.63) is 52.0 Å². The fourth-order valence-electron chi connectivity index (χ4n) is 3.64. The maximum atomic E-state index is 5.72. The number of hydrogen-bond donors (Lipinski definition) is 1. The molecular weight excluding hydrogens is 364 g/mol. The summed E-state index contributed by atoms with van der Waals surface area (Å²) >= 11 is 7.56. The summed E-state index contributed by atoms with van der Waals surface area (Å²) < 4.78 is 5.46. The number of aromatic nitrogens is 1. The minimum atomic E-state index is 0.0893. The Bertz CT molecular complexity index is 745. The highest BCUT2D eigenvalue weighted by atomic mass is 32.1. The lowest BCUT2D eigenvalue weighted by Crippen LogP contribution is -2.42. The Kier molecular flexibility index (Phi) is 5.49. The number of nitrogens with one attached hydrogen (secondary N) is 1. The maximum Gasteiger partial charge on any atom is 0.170 e. The number of hydrogen-bond acceptors (Lipinski definition) is 5. The molecule has 2 aliphatic rings. The van der Waals surface area contributed by atoms with Crippen molar-refractivity contribution in [2.45, 2.75) is 19.0 Å². The molecule has 1 N–H and O–H groups in total. The van der Waals surface area contributed by atoms with Gasteiger partial charge in [-0.2, -0.15) is 0 Å². The Morgan fingerprint density at radius 2 is 2.08 bits per heavy atom. The Morgan fingerprint density at radius 3 is 2.77 bits per heavy atom. The Labute approximate surface area is 164 Å². The van der Waals surface area contributed by atoms with Gasteiger partial charge in [0.25, 0.3) is 0 Å². The standard InChI is InChI=1S/C19H24N4OS2/c1-14-5-6-16(26-14)18-17(15-4-2-3-7-20-15)21-19(25)23(18)9-8-22-10-12-24-13-11-22/h2-7,17-18H,8-13H2,1H3,(H,21,25)/t17-,18-/m1/s1. The van der Waals surface area contributed by atoms with E-state index in [2.05, 4.69) is 45.2 Å². The van der Waals surface area contributed by atoms with Crippen molar-refractivity contribution in [1.29, 1.82) is 0 Å². The topological polar surface area (TPSA) is 40.6 Å². The normalized spacial score (nSPS) is 24.0. The molecule has 138 valence electrons. The van der Waals surface area contributed by atoms with Crippen molar-refractivity contribution < 1.29 is 4.74 Å². The van der Waals surface area contributed by atoms with Crippen LogP contribution in [0.5, 0.6) is 0 Å². The predicted molar refractivity (Wildman–Crippen MR) is 108 cm³/mol.